The fourth-order valence-electron chi connectivity index (χ4n) is 3.77. The number of ether oxygens (including phenoxy) is 1. The summed E-state index contributed by atoms with van der Waals surface area (Å²) in [5.41, 5.74) is -1.97. The van der Waals surface area contributed by atoms with E-state index in [9.17, 15) is 18.0 Å². The summed E-state index contributed by atoms with van der Waals surface area (Å²) in [4.78, 5) is 30.6. The monoisotopic (exact) mass is 412 g/mol. The molecule has 1 aromatic rings. The molecule has 0 radical (unpaired) electrons. The summed E-state index contributed by atoms with van der Waals surface area (Å²) in [5.74, 6) is 0.396. The zero-order valence-electron chi connectivity index (χ0n) is 17.2. The molecular weight excluding hydrogens is 384 g/mol. The van der Waals surface area contributed by atoms with Gasteiger partial charge in [0, 0.05) is 50.6 Å². The van der Waals surface area contributed by atoms with Gasteiger partial charge in [-0.05, 0) is 20.8 Å². The van der Waals surface area contributed by atoms with Crippen molar-refractivity contribution in [3.63, 3.8) is 0 Å². The van der Waals surface area contributed by atoms with Crippen LogP contribution in [0.5, 0.6) is 0 Å². The Morgan fingerprint density at radius 3 is 2.18 bits per heavy atom. The number of piperidine rings is 1. The fourth-order valence-corrected chi connectivity index (χ4v) is 5.20. The van der Waals surface area contributed by atoms with Crippen molar-refractivity contribution in [2.45, 2.75) is 69.5 Å². The molecule has 0 aromatic carbocycles. The first-order valence-electron chi connectivity index (χ1n) is 9.41. The van der Waals surface area contributed by atoms with Crippen LogP contribution in [0.25, 0.3) is 0 Å². The average molecular weight is 413 g/mol. The summed E-state index contributed by atoms with van der Waals surface area (Å²) in [5, 5.41) is 0.000659. The Labute approximate surface area is 165 Å². The van der Waals surface area contributed by atoms with Crippen LogP contribution in [0.2, 0.25) is 0 Å². The first-order valence-corrected chi connectivity index (χ1v) is 10.8. The van der Waals surface area contributed by atoms with Crippen molar-refractivity contribution in [2.75, 3.05) is 13.1 Å². The molecule has 0 aliphatic carbocycles. The van der Waals surface area contributed by atoms with Gasteiger partial charge in [0.1, 0.15) is 5.82 Å². The number of hydrogen-bond donors (Lipinski definition) is 0. The van der Waals surface area contributed by atoms with Gasteiger partial charge in [0.05, 0.1) is 0 Å². The van der Waals surface area contributed by atoms with E-state index in [1.807, 2.05) is 13.8 Å². The molecule has 0 unspecified atom stereocenters. The minimum absolute atomic E-state index is 0.000659. The molecule has 28 heavy (non-hydrogen) atoms. The predicted octanol–water partition coefficient (Wildman–Crippen LogP) is 1.84. The number of imidazole rings is 1. The highest BCUT2D eigenvalue weighted by Crippen LogP contribution is 2.38. The lowest BCUT2D eigenvalue weighted by Gasteiger charge is -2.35. The zero-order chi connectivity index (χ0) is 21.1. The smallest absolute Gasteiger partial charge is 0.418 e. The second kappa shape index (κ2) is 6.55. The topological polar surface area (TPSA) is 102 Å². The lowest BCUT2D eigenvalue weighted by molar-refractivity contribution is -0.142. The van der Waals surface area contributed by atoms with Crippen LogP contribution in [-0.2, 0) is 26.6 Å². The Bertz CT molecular complexity index is 905. The third-order valence-corrected chi connectivity index (χ3v) is 7.04. The first-order chi connectivity index (χ1) is 12.8. The van der Waals surface area contributed by atoms with Gasteiger partial charge in [-0.2, -0.15) is 4.31 Å². The molecule has 1 aromatic heterocycles. The van der Waals surface area contributed by atoms with Crippen LogP contribution in [-0.4, -0.2) is 63.4 Å². The number of aryl methyl sites for hydroxylation is 1. The highest BCUT2D eigenvalue weighted by atomic mass is 32.2. The van der Waals surface area contributed by atoms with Crippen molar-refractivity contribution in [2.24, 2.45) is 7.05 Å². The molecule has 10 heteroatoms. The SMILES string of the molecule is CC(C)c1nc(S(=O)(=O)N2CCC3(CC2)OC(=O)N(C(C)(C)C)C3=O)cn1C. The molecule has 0 N–H and O–H groups in total. The highest BCUT2D eigenvalue weighted by Gasteiger charge is 2.58. The molecule has 3 rings (SSSR count). The maximum Gasteiger partial charge on any atom is 0.418 e. The van der Waals surface area contributed by atoms with E-state index in [0.717, 1.165) is 4.90 Å². The van der Waals surface area contributed by atoms with Crippen molar-refractivity contribution in [1.29, 1.82) is 0 Å². The van der Waals surface area contributed by atoms with E-state index >= 15 is 0 Å². The van der Waals surface area contributed by atoms with E-state index in [1.54, 1.807) is 32.4 Å². The van der Waals surface area contributed by atoms with Crippen molar-refractivity contribution >= 4 is 22.0 Å². The molecule has 2 aliphatic rings. The van der Waals surface area contributed by atoms with Crippen LogP contribution in [0, 0.1) is 0 Å². The number of hydrogen-bond acceptors (Lipinski definition) is 6. The molecule has 2 amide bonds. The number of nitrogens with zero attached hydrogens (tertiary/aromatic N) is 4. The fraction of sp³-hybridized carbons (Fsp3) is 0.722. The third kappa shape index (κ3) is 3.22. The molecule has 2 saturated heterocycles. The highest BCUT2D eigenvalue weighted by molar-refractivity contribution is 7.89. The first kappa shape index (κ1) is 20.8. The van der Waals surface area contributed by atoms with E-state index in [1.165, 1.54) is 10.5 Å². The lowest BCUT2D eigenvalue weighted by atomic mass is 9.90. The Hall–Kier alpha value is -1.94. The molecule has 0 atom stereocenters. The average Bonchev–Trinajstić information content (AvgIpc) is 3.06. The van der Waals surface area contributed by atoms with E-state index in [2.05, 4.69) is 4.98 Å². The summed E-state index contributed by atoms with van der Waals surface area (Å²) in [6.07, 6.45) is 1.11. The van der Waals surface area contributed by atoms with E-state index < -0.39 is 27.3 Å². The molecule has 156 valence electrons. The second-order valence-electron chi connectivity index (χ2n) is 8.78. The summed E-state index contributed by atoms with van der Waals surface area (Å²) < 4.78 is 34.5. The normalized spacial score (nSPS) is 21.0. The number of carbonyl (C=O) groups is 2. The van der Waals surface area contributed by atoms with Gasteiger partial charge in [-0.15, -0.1) is 0 Å². The predicted molar refractivity (Wildman–Crippen MR) is 101 cm³/mol. The van der Waals surface area contributed by atoms with E-state index in [0.29, 0.717) is 5.82 Å². The lowest BCUT2D eigenvalue weighted by Crippen LogP contribution is -2.53. The maximum absolute atomic E-state index is 13.0. The third-order valence-electron chi connectivity index (χ3n) is 5.27. The Balaban J connectivity index is 1.79. The van der Waals surface area contributed by atoms with Crippen LogP contribution in [0.1, 0.15) is 59.2 Å². The van der Waals surface area contributed by atoms with Gasteiger partial charge in [0.15, 0.2) is 10.6 Å². The number of imide groups is 1. The zero-order valence-corrected chi connectivity index (χ0v) is 18.0. The molecule has 0 bridgehead atoms. The number of rotatable bonds is 3. The summed E-state index contributed by atoms with van der Waals surface area (Å²) in [6, 6.07) is 0. The summed E-state index contributed by atoms with van der Waals surface area (Å²) in [6.45, 7) is 9.36. The molecule has 0 saturated carbocycles. The van der Waals surface area contributed by atoms with Crippen LogP contribution >= 0.6 is 0 Å². The molecule has 3 heterocycles. The van der Waals surface area contributed by atoms with Gasteiger partial charge >= 0.3 is 6.09 Å². The van der Waals surface area contributed by atoms with Gasteiger partial charge in [0.2, 0.25) is 0 Å². The standard InChI is InChI=1S/C18H28N4O5S/c1-12(2)14-19-13(11-20(14)6)28(25,26)21-9-7-18(8-10-21)15(23)22(16(24)27-18)17(3,4)5/h11-12H,7-10H2,1-6H3. The van der Waals surface area contributed by atoms with Crippen molar-refractivity contribution in [1.82, 2.24) is 18.8 Å². The van der Waals surface area contributed by atoms with Crippen LogP contribution in [0.15, 0.2) is 11.2 Å². The van der Waals surface area contributed by atoms with Gasteiger partial charge < -0.3 is 9.30 Å². The van der Waals surface area contributed by atoms with Gasteiger partial charge in [0.25, 0.3) is 15.9 Å². The van der Waals surface area contributed by atoms with E-state index in [-0.39, 0.29) is 42.8 Å². The minimum Gasteiger partial charge on any atom is -0.432 e. The molecular formula is C18H28N4O5S. The van der Waals surface area contributed by atoms with Crippen molar-refractivity contribution < 1.29 is 22.7 Å². The molecule has 1 spiro atoms. The Morgan fingerprint density at radius 1 is 1.18 bits per heavy atom. The molecule has 9 nitrogen and oxygen atoms in total. The summed E-state index contributed by atoms with van der Waals surface area (Å²) in [7, 11) is -2.01. The Kier molecular flexibility index (Phi) is 4.86. The number of carbonyl (C=O) groups excluding carboxylic acids is 2. The number of amides is 2. The van der Waals surface area contributed by atoms with Crippen molar-refractivity contribution in [3.05, 3.63) is 12.0 Å². The summed E-state index contributed by atoms with van der Waals surface area (Å²) >= 11 is 0. The maximum atomic E-state index is 13.0. The quantitative estimate of drug-likeness (QED) is 0.751. The van der Waals surface area contributed by atoms with E-state index in [4.69, 9.17) is 4.74 Å². The largest absolute Gasteiger partial charge is 0.432 e. The number of sulfonamides is 1. The van der Waals surface area contributed by atoms with Crippen molar-refractivity contribution in [3.8, 4) is 0 Å². The van der Waals surface area contributed by atoms with Gasteiger partial charge in [-0.1, -0.05) is 13.8 Å². The van der Waals surface area contributed by atoms with Crippen LogP contribution in [0.4, 0.5) is 4.79 Å². The molecule has 2 fully saturated rings. The molecule has 2 aliphatic heterocycles. The van der Waals surface area contributed by atoms with Crippen LogP contribution < -0.4 is 0 Å². The van der Waals surface area contributed by atoms with Gasteiger partial charge in [-0.3, -0.25) is 4.79 Å². The Morgan fingerprint density at radius 2 is 1.75 bits per heavy atom. The van der Waals surface area contributed by atoms with Gasteiger partial charge in [-0.25, -0.2) is 23.1 Å². The second-order valence-corrected chi connectivity index (χ2v) is 10.7. The minimum atomic E-state index is -3.78. The van der Waals surface area contributed by atoms with Crippen LogP contribution in [0.3, 0.4) is 0 Å². The number of aromatic nitrogens is 2.